The summed E-state index contributed by atoms with van der Waals surface area (Å²) < 4.78 is 0. The molecule has 1 aromatic carbocycles. The average Bonchev–Trinajstić information content (AvgIpc) is 2.43. The van der Waals surface area contributed by atoms with Crippen molar-refractivity contribution in [2.24, 2.45) is 0 Å². The van der Waals surface area contributed by atoms with Gasteiger partial charge in [-0.1, -0.05) is 37.3 Å². The molecule has 0 aliphatic carbocycles. The second-order valence-corrected chi connectivity index (χ2v) is 4.64. The number of carboxylic acid groups (broad SMARTS) is 1. The first-order valence-corrected chi connectivity index (χ1v) is 6.86. The zero-order chi connectivity index (χ0) is 14.8. The van der Waals surface area contributed by atoms with E-state index in [1.54, 1.807) is 4.90 Å². The van der Waals surface area contributed by atoms with E-state index in [0.717, 1.165) is 12.8 Å². The van der Waals surface area contributed by atoms with Gasteiger partial charge in [-0.15, -0.1) is 0 Å². The molecule has 0 spiro atoms. The molecule has 0 saturated carbocycles. The Kier molecular flexibility index (Phi) is 7.35. The van der Waals surface area contributed by atoms with Crippen molar-refractivity contribution < 1.29 is 14.7 Å². The first kappa shape index (κ1) is 16.2. The second kappa shape index (κ2) is 9.09. The predicted octanol–water partition coefficient (Wildman–Crippen LogP) is 1.14. The predicted molar refractivity (Wildman–Crippen MR) is 77.5 cm³/mol. The molecule has 0 unspecified atom stereocenters. The molecule has 20 heavy (non-hydrogen) atoms. The minimum absolute atomic E-state index is 0.103. The molecule has 0 heterocycles. The van der Waals surface area contributed by atoms with E-state index < -0.39 is 5.97 Å². The summed E-state index contributed by atoms with van der Waals surface area (Å²) >= 11 is 0. The molecule has 0 aromatic heterocycles. The van der Waals surface area contributed by atoms with Gasteiger partial charge in [0.05, 0.1) is 13.1 Å². The number of amides is 1. The smallest absolute Gasteiger partial charge is 0.317 e. The fourth-order valence-electron chi connectivity index (χ4n) is 1.89. The Morgan fingerprint density at radius 2 is 1.90 bits per heavy atom. The number of nitrogens with one attached hydrogen (secondary N) is 1. The van der Waals surface area contributed by atoms with Crippen LogP contribution in [-0.2, 0) is 16.0 Å². The van der Waals surface area contributed by atoms with Gasteiger partial charge in [0.25, 0.3) is 0 Å². The number of carboxylic acids is 1. The molecule has 110 valence electrons. The molecular weight excluding hydrogens is 256 g/mol. The minimum Gasteiger partial charge on any atom is -0.480 e. The van der Waals surface area contributed by atoms with Crippen LogP contribution in [0.1, 0.15) is 18.9 Å². The van der Waals surface area contributed by atoms with Crippen molar-refractivity contribution in [1.29, 1.82) is 0 Å². The summed E-state index contributed by atoms with van der Waals surface area (Å²) in [6, 6.07) is 10.1. The molecule has 1 amide bonds. The third-order valence-corrected chi connectivity index (χ3v) is 2.98. The number of hydrogen-bond acceptors (Lipinski definition) is 3. The molecule has 5 nitrogen and oxygen atoms in total. The lowest BCUT2D eigenvalue weighted by Gasteiger charge is -2.17. The molecule has 0 bridgehead atoms. The highest BCUT2D eigenvalue weighted by Crippen LogP contribution is 2.01. The standard InChI is InChI=1S/C15H22N2O3/c1-2-17(12-15(19)20)11-14(18)16-10-6-9-13-7-4-3-5-8-13/h3-5,7-8H,2,6,9-12H2,1H3,(H,16,18)(H,19,20). The van der Waals surface area contributed by atoms with Crippen molar-refractivity contribution >= 4 is 11.9 Å². The summed E-state index contributed by atoms with van der Waals surface area (Å²) in [4.78, 5) is 23.8. The molecule has 0 saturated heterocycles. The maximum atomic E-state index is 11.7. The van der Waals surface area contributed by atoms with Crippen molar-refractivity contribution in [2.45, 2.75) is 19.8 Å². The lowest BCUT2D eigenvalue weighted by Crippen LogP contribution is -2.40. The normalized spacial score (nSPS) is 10.5. The quantitative estimate of drug-likeness (QED) is 0.665. The molecule has 0 aliphatic rings. The minimum atomic E-state index is -0.913. The molecule has 0 aliphatic heterocycles. The number of aliphatic carboxylic acids is 1. The van der Waals surface area contributed by atoms with Crippen LogP contribution in [-0.4, -0.2) is 48.1 Å². The summed E-state index contributed by atoms with van der Waals surface area (Å²) in [6.45, 7) is 3.02. The molecular formula is C15H22N2O3. The number of nitrogens with zero attached hydrogens (tertiary/aromatic N) is 1. The third-order valence-electron chi connectivity index (χ3n) is 2.98. The SMILES string of the molecule is CCN(CC(=O)O)CC(=O)NCCCc1ccccc1. The Balaban J connectivity index is 2.18. The molecule has 5 heteroatoms. The topological polar surface area (TPSA) is 69.6 Å². The number of likely N-dealkylation sites (N-methyl/N-ethyl adjacent to an activating group) is 1. The first-order valence-electron chi connectivity index (χ1n) is 6.86. The lowest BCUT2D eigenvalue weighted by atomic mass is 10.1. The monoisotopic (exact) mass is 278 g/mol. The van der Waals surface area contributed by atoms with Gasteiger partial charge in [0.2, 0.25) is 5.91 Å². The Bertz CT molecular complexity index is 420. The number of benzene rings is 1. The van der Waals surface area contributed by atoms with Gasteiger partial charge in [0.15, 0.2) is 0 Å². The van der Waals surface area contributed by atoms with E-state index in [1.165, 1.54) is 5.56 Å². The van der Waals surface area contributed by atoms with Crippen LogP contribution >= 0.6 is 0 Å². The maximum Gasteiger partial charge on any atom is 0.317 e. The summed E-state index contributed by atoms with van der Waals surface area (Å²) in [5, 5.41) is 11.5. The molecule has 1 rings (SSSR count). The summed E-state index contributed by atoms with van der Waals surface area (Å²) in [6.07, 6.45) is 1.80. The van der Waals surface area contributed by atoms with Gasteiger partial charge < -0.3 is 10.4 Å². The Morgan fingerprint density at radius 1 is 1.20 bits per heavy atom. The molecule has 1 aromatic rings. The second-order valence-electron chi connectivity index (χ2n) is 4.64. The third kappa shape index (κ3) is 6.89. The Morgan fingerprint density at radius 3 is 2.50 bits per heavy atom. The van der Waals surface area contributed by atoms with Crippen molar-refractivity contribution in [3.8, 4) is 0 Å². The van der Waals surface area contributed by atoms with Gasteiger partial charge in [-0.25, -0.2) is 0 Å². The first-order chi connectivity index (χ1) is 9.61. The van der Waals surface area contributed by atoms with E-state index in [9.17, 15) is 9.59 Å². The molecule has 0 fully saturated rings. The van der Waals surface area contributed by atoms with Gasteiger partial charge in [-0.3, -0.25) is 14.5 Å². The maximum absolute atomic E-state index is 11.7. The van der Waals surface area contributed by atoms with Gasteiger partial charge in [-0.2, -0.15) is 0 Å². The Labute approximate surface area is 119 Å². The van der Waals surface area contributed by atoms with Crippen molar-refractivity contribution in [3.63, 3.8) is 0 Å². The fourth-order valence-corrected chi connectivity index (χ4v) is 1.89. The van der Waals surface area contributed by atoms with Crippen LogP contribution in [0.2, 0.25) is 0 Å². The number of aryl methyl sites for hydroxylation is 1. The summed E-state index contributed by atoms with van der Waals surface area (Å²) in [5.74, 6) is -1.04. The molecule has 0 radical (unpaired) electrons. The van der Waals surface area contributed by atoms with Crippen LogP contribution in [0.15, 0.2) is 30.3 Å². The van der Waals surface area contributed by atoms with Crippen LogP contribution in [0.4, 0.5) is 0 Å². The Hall–Kier alpha value is -1.88. The number of rotatable bonds is 9. The zero-order valence-electron chi connectivity index (χ0n) is 11.8. The van der Waals surface area contributed by atoms with Crippen LogP contribution in [0.5, 0.6) is 0 Å². The lowest BCUT2D eigenvalue weighted by molar-refractivity contribution is -0.138. The number of carbonyl (C=O) groups excluding carboxylic acids is 1. The van der Waals surface area contributed by atoms with E-state index in [4.69, 9.17) is 5.11 Å². The summed E-state index contributed by atoms with van der Waals surface area (Å²) in [7, 11) is 0. The highest BCUT2D eigenvalue weighted by molar-refractivity contribution is 5.78. The van der Waals surface area contributed by atoms with Gasteiger partial charge in [0.1, 0.15) is 0 Å². The van der Waals surface area contributed by atoms with E-state index in [1.807, 2.05) is 25.1 Å². The highest BCUT2D eigenvalue weighted by atomic mass is 16.4. The van der Waals surface area contributed by atoms with Crippen LogP contribution in [0, 0.1) is 0 Å². The fraction of sp³-hybridized carbons (Fsp3) is 0.467. The van der Waals surface area contributed by atoms with Crippen molar-refractivity contribution in [2.75, 3.05) is 26.2 Å². The van der Waals surface area contributed by atoms with Crippen LogP contribution in [0.3, 0.4) is 0 Å². The van der Waals surface area contributed by atoms with Gasteiger partial charge in [0, 0.05) is 6.54 Å². The van der Waals surface area contributed by atoms with E-state index >= 15 is 0 Å². The van der Waals surface area contributed by atoms with E-state index in [0.29, 0.717) is 13.1 Å². The summed E-state index contributed by atoms with van der Waals surface area (Å²) in [5.41, 5.74) is 1.25. The van der Waals surface area contributed by atoms with Crippen LogP contribution < -0.4 is 5.32 Å². The van der Waals surface area contributed by atoms with Crippen LogP contribution in [0.25, 0.3) is 0 Å². The van der Waals surface area contributed by atoms with Gasteiger partial charge >= 0.3 is 5.97 Å². The van der Waals surface area contributed by atoms with Crippen molar-refractivity contribution in [1.82, 2.24) is 10.2 Å². The average molecular weight is 278 g/mol. The number of carbonyl (C=O) groups is 2. The zero-order valence-corrected chi connectivity index (χ0v) is 11.8. The van der Waals surface area contributed by atoms with E-state index in [2.05, 4.69) is 17.4 Å². The highest BCUT2D eigenvalue weighted by Gasteiger charge is 2.11. The van der Waals surface area contributed by atoms with E-state index in [-0.39, 0.29) is 19.0 Å². The molecule has 2 N–H and O–H groups in total. The molecule has 0 atom stereocenters. The van der Waals surface area contributed by atoms with Gasteiger partial charge in [-0.05, 0) is 24.9 Å². The number of hydrogen-bond donors (Lipinski definition) is 2. The largest absolute Gasteiger partial charge is 0.480 e. The van der Waals surface area contributed by atoms with Crippen molar-refractivity contribution in [3.05, 3.63) is 35.9 Å².